The molecule has 0 spiro atoms. The molecule has 1 aliphatic heterocycles. The predicted molar refractivity (Wildman–Crippen MR) is 86.1 cm³/mol. The van der Waals surface area contributed by atoms with Gasteiger partial charge < -0.3 is 15.0 Å². The Morgan fingerprint density at radius 3 is 2.77 bits per heavy atom. The van der Waals surface area contributed by atoms with Crippen molar-refractivity contribution in [3.8, 4) is 0 Å². The average Bonchev–Trinajstić information content (AvgIpc) is 2.61. The second-order valence-corrected chi connectivity index (χ2v) is 5.25. The van der Waals surface area contributed by atoms with E-state index in [1.54, 1.807) is 6.20 Å². The first-order chi connectivity index (χ1) is 10.9. The number of hydrogen-bond acceptors (Lipinski definition) is 6. The fourth-order valence-electron chi connectivity index (χ4n) is 2.45. The Morgan fingerprint density at radius 2 is 1.95 bits per heavy atom. The van der Waals surface area contributed by atoms with E-state index < -0.39 is 0 Å². The highest BCUT2D eigenvalue weighted by atomic mass is 16.5. The highest BCUT2D eigenvalue weighted by Crippen LogP contribution is 2.12. The summed E-state index contributed by atoms with van der Waals surface area (Å²) in [5.74, 6) is 1.46. The van der Waals surface area contributed by atoms with Gasteiger partial charge in [-0.3, -0.25) is 0 Å². The molecule has 22 heavy (non-hydrogen) atoms. The van der Waals surface area contributed by atoms with Gasteiger partial charge >= 0.3 is 0 Å². The number of rotatable bonds is 6. The average molecular weight is 299 g/mol. The predicted octanol–water partition coefficient (Wildman–Crippen LogP) is 1.75. The third-order valence-corrected chi connectivity index (χ3v) is 3.65. The smallest absolute Gasteiger partial charge is 0.244 e. The fraction of sp³-hybridized carbons (Fsp3) is 0.438. The van der Waals surface area contributed by atoms with Crippen LogP contribution in [0.15, 0.2) is 36.5 Å². The molecule has 1 aromatic carbocycles. The van der Waals surface area contributed by atoms with Gasteiger partial charge in [0.25, 0.3) is 0 Å². The molecule has 0 unspecified atom stereocenters. The molecule has 6 nitrogen and oxygen atoms in total. The molecule has 0 atom stereocenters. The van der Waals surface area contributed by atoms with E-state index in [-0.39, 0.29) is 0 Å². The van der Waals surface area contributed by atoms with Crippen molar-refractivity contribution in [1.29, 1.82) is 0 Å². The summed E-state index contributed by atoms with van der Waals surface area (Å²) in [7, 11) is 0. The standard InChI is InChI=1S/C16H21N5O/c1-2-5-14(6-3-1)7-4-8-17-16-19-15(13-18-20-16)21-9-11-22-12-10-21/h1-3,5-6,13H,4,7-12H2,(H,17,19,20). The van der Waals surface area contributed by atoms with E-state index >= 15 is 0 Å². The molecule has 0 aliphatic carbocycles. The Morgan fingerprint density at radius 1 is 1.14 bits per heavy atom. The maximum atomic E-state index is 5.35. The second kappa shape index (κ2) is 7.70. The van der Waals surface area contributed by atoms with Crippen molar-refractivity contribution in [2.24, 2.45) is 0 Å². The normalized spacial score (nSPS) is 14.8. The first-order valence-corrected chi connectivity index (χ1v) is 7.72. The van der Waals surface area contributed by atoms with Crippen LogP contribution in [-0.4, -0.2) is 48.0 Å². The van der Waals surface area contributed by atoms with Crippen LogP contribution in [0.2, 0.25) is 0 Å². The van der Waals surface area contributed by atoms with Crippen molar-refractivity contribution in [1.82, 2.24) is 15.2 Å². The van der Waals surface area contributed by atoms with Crippen LogP contribution in [-0.2, 0) is 11.2 Å². The number of aromatic nitrogens is 3. The van der Waals surface area contributed by atoms with Gasteiger partial charge in [-0.2, -0.15) is 10.1 Å². The number of anilines is 2. The van der Waals surface area contributed by atoms with Crippen molar-refractivity contribution in [3.05, 3.63) is 42.1 Å². The van der Waals surface area contributed by atoms with Gasteiger partial charge in [-0.05, 0) is 18.4 Å². The topological polar surface area (TPSA) is 63.2 Å². The van der Waals surface area contributed by atoms with E-state index in [0.29, 0.717) is 5.95 Å². The number of hydrogen-bond donors (Lipinski definition) is 1. The van der Waals surface area contributed by atoms with Crippen LogP contribution in [0.4, 0.5) is 11.8 Å². The number of aryl methyl sites for hydroxylation is 1. The molecule has 1 aromatic heterocycles. The minimum atomic E-state index is 0.594. The largest absolute Gasteiger partial charge is 0.378 e. The van der Waals surface area contributed by atoms with Crippen LogP contribution in [0.3, 0.4) is 0 Å². The van der Waals surface area contributed by atoms with Crippen molar-refractivity contribution >= 4 is 11.8 Å². The lowest BCUT2D eigenvalue weighted by atomic mass is 10.1. The van der Waals surface area contributed by atoms with E-state index in [9.17, 15) is 0 Å². The molecule has 1 N–H and O–H groups in total. The van der Waals surface area contributed by atoms with Gasteiger partial charge in [0.05, 0.1) is 19.4 Å². The van der Waals surface area contributed by atoms with E-state index in [1.807, 2.05) is 6.07 Å². The highest BCUT2D eigenvalue weighted by Gasteiger charge is 2.13. The van der Waals surface area contributed by atoms with Crippen LogP contribution in [0.5, 0.6) is 0 Å². The molecular weight excluding hydrogens is 278 g/mol. The number of nitrogens with one attached hydrogen (secondary N) is 1. The Hall–Kier alpha value is -2.21. The van der Waals surface area contributed by atoms with Crippen molar-refractivity contribution in [3.63, 3.8) is 0 Å². The minimum absolute atomic E-state index is 0.594. The minimum Gasteiger partial charge on any atom is -0.378 e. The molecule has 3 rings (SSSR count). The van der Waals surface area contributed by atoms with E-state index in [2.05, 4.69) is 49.7 Å². The summed E-state index contributed by atoms with van der Waals surface area (Å²) in [5, 5.41) is 11.3. The maximum absolute atomic E-state index is 5.35. The van der Waals surface area contributed by atoms with E-state index in [1.165, 1.54) is 5.56 Å². The highest BCUT2D eigenvalue weighted by molar-refractivity contribution is 5.40. The van der Waals surface area contributed by atoms with Gasteiger partial charge in [0, 0.05) is 19.6 Å². The lowest BCUT2D eigenvalue weighted by Crippen LogP contribution is -2.37. The summed E-state index contributed by atoms with van der Waals surface area (Å²) in [6, 6.07) is 10.5. The van der Waals surface area contributed by atoms with Crippen molar-refractivity contribution in [2.75, 3.05) is 43.1 Å². The third-order valence-electron chi connectivity index (χ3n) is 3.65. The van der Waals surface area contributed by atoms with Crippen LogP contribution in [0, 0.1) is 0 Å². The van der Waals surface area contributed by atoms with E-state index in [0.717, 1.165) is 51.5 Å². The van der Waals surface area contributed by atoms with Crippen molar-refractivity contribution in [2.45, 2.75) is 12.8 Å². The quantitative estimate of drug-likeness (QED) is 0.820. The summed E-state index contributed by atoms with van der Waals surface area (Å²) in [5.41, 5.74) is 1.35. The van der Waals surface area contributed by atoms with Gasteiger partial charge in [0.2, 0.25) is 5.95 Å². The first-order valence-electron chi connectivity index (χ1n) is 7.72. The number of morpholine rings is 1. The zero-order valence-corrected chi connectivity index (χ0v) is 12.6. The summed E-state index contributed by atoms with van der Waals surface area (Å²) < 4.78 is 5.35. The summed E-state index contributed by atoms with van der Waals surface area (Å²) in [6.45, 7) is 4.02. The monoisotopic (exact) mass is 299 g/mol. The SMILES string of the molecule is c1ccc(CCCNc2nncc(N3CCOCC3)n2)cc1. The number of nitrogens with zero attached hydrogens (tertiary/aromatic N) is 4. The second-order valence-electron chi connectivity index (χ2n) is 5.25. The van der Waals surface area contributed by atoms with Gasteiger partial charge in [-0.15, -0.1) is 5.10 Å². The molecule has 116 valence electrons. The molecule has 0 saturated carbocycles. The zero-order valence-electron chi connectivity index (χ0n) is 12.6. The molecule has 1 aliphatic rings. The molecule has 2 aromatic rings. The molecule has 2 heterocycles. The van der Waals surface area contributed by atoms with E-state index in [4.69, 9.17) is 4.74 Å². The Balaban J connectivity index is 1.48. The Kier molecular flexibility index (Phi) is 5.15. The van der Waals surface area contributed by atoms with Crippen LogP contribution in [0.25, 0.3) is 0 Å². The molecule has 1 saturated heterocycles. The lowest BCUT2D eigenvalue weighted by molar-refractivity contribution is 0.122. The molecule has 0 amide bonds. The third kappa shape index (κ3) is 4.14. The Labute approximate surface area is 130 Å². The molecular formula is C16H21N5O. The van der Waals surface area contributed by atoms with Crippen LogP contribution >= 0.6 is 0 Å². The molecule has 0 bridgehead atoms. The van der Waals surface area contributed by atoms with Gasteiger partial charge in [0.15, 0.2) is 5.82 Å². The zero-order chi connectivity index (χ0) is 15.0. The molecule has 0 radical (unpaired) electrons. The summed E-state index contributed by atoms with van der Waals surface area (Å²) in [6.07, 6.45) is 3.79. The van der Waals surface area contributed by atoms with Gasteiger partial charge in [0.1, 0.15) is 0 Å². The summed E-state index contributed by atoms with van der Waals surface area (Å²) in [4.78, 5) is 6.70. The Bertz CT molecular complexity index is 572. The first kappa shape index (κ1) is 14.7. The lowest BCUT2D eigenvalue weighted by Gasteiger charge is -2.27. The number of ether oxygens (including phenoxy) is 1. The van der Waals surface area contributed by atoms with Gasteiger partial charge in [-0.1, -0.05) is 30.3 Å². The number of benzene rings is 1. The fourth-order valence-corrected chi connectivity index (χ4v) is 2.45. The van der Waals surface area contributed by atoms with Gasteiger partial charge in [-0.25, -0.2) is 0 Å². The van der Waals surface area contributed by atoms with Crippen LogP contribution in [0.1, 0.15) is 12.0 Å². The molecule has 6 heteroatoms. The molecule has 1 fully saturated rings. The summed E-state index contributed by atoms with van der Waals surface area (Å²) >= 11 is 0. The van der Waals surface area contributed by atoms with Crippen LogP contribution < -0.4 is 10.2 Å². The maximum Gasteiger partial charge on any atom is 0.244 e. The van der Waals surface area contributed by atoms with Crippen molar-refractivity contribution < 1.29 is 4.74 Å².